The lowest BCUT2D eigenvalue weighted by Crippen LogP contribution is -2.20. The zero-order valence-corrected chi connectivity index (χ0v) is 11.6. The Morgan fingerprint density at radius 3 is 2.68 bits per heavy atom. The smallest absolute Gasteiger partial charge is 0.328 e. The molecule has 19 heavy (non-hydrogen) atoms. The van der Waals surface area contributed by atoms with Gasteiger partial charge >= 0.3 is 5.97 Å². The molecule has 0 aliphatic heterocycles. The van der Waals surface area contributed by atoms with Crippen molar-refractivity contribution in [2.24, 2.45) is 5.92 Å². The Balaban J connectivity index is 2.79. The van der Waals surface area contributed by atoms with E-state index in [9.17, 15) is 9.18 Å². The van der Waals surface area contributed by atoms with E-state index in [4.69, 9.17) is 5.11 Å². The molecule has 4 heteroatoms. The molecular formula is C15H20FNO2. The molecule has 1 rings (SSSR count). The van der Waals surface area contributed by atoms with Crippen LogP contribution in [0.25, 0.3) is 6.08 Å². The van der Waals surface area contributed by atoms with Crippen LogP contribution in [0.4, 0.5) is 10.1 Å². The van der Waals surface area contributed by atoms with Crippen molar-refractivity contribution >= 4 is 17.7 Å². The molecular weight excluding hydrogens is 245 g/mol. The first-order valence-corrected chi connectivity index (χ1v) is 6.32. The second-order valence-electron chi connectivity index (χ2n) is 4.99. The van der Waals surface area contributed by atoms with E-state index in [0.29, 0.717) is 17.2 Å². The maximum absolute atomic E-state index is 13.9. The Bertz CT molecular complexity index is 469. The van der Waals surface area contributed by atoms with Crippen LogP contribution in [0, 0.1) is 11.7 Å². The number of carboxylic acid groups (broad SMARTS) is 1. The van der Waals surface area contributed by atoms with Crippen molar-refractivity contribution in [3.05, 3.63) is 35.7 Å². The molecule has 0 unspecified atom stereocenters. The molecule has 0 spiro atoms. The van der Waals surface area contributed by atoms with Gasteiger partial charge in [0.15, 0.2) is 0 Å². The largest absolute Gasteiger partial charge is 0.478 e. The van der Waals surface area contributed by atoms with Gasteiger partial charge in [-0.15, -0.1) is 0 Å². The number of rotatable bonds is 6. The van der Waals surface area contributed by atoms with E-state index < -0.39 is 5.97 Å². The summed E-state index contributed by atoms with van der Waals surface area (Å²) in [5, 5.41) is 8.52. The minimum atomic E-state index is -1.04. The van der Waals surface area contributed by atoms with Gasteiger partial charge in [0.1, 0.15) is 5.82 Å². The molecule has 0 aromatic heterocycles. The number of hydrogen-bond acceptors (Lipinski definition) is 2. The molecule has 0 aliphatic carbocycles. The number of benzene rings is 1. The van der Waals surface area contributed by atoms with Gasteiger partial charge in [-0.3, -0.25) is 0 Å². The van der Waals surface area contributed by atoms with Crippen molar-refractivity contribution in [1.29, 1.82) is 0 Å². The standard InChI is InChI=1S/C15H20FNO2/c1-11(2)8-9-17(3)14-6-4-12(10-13(14)16)5-7-15(18)19/h4-7,10-11H,8-9H2,1-3H3,(H,18,19)/b7-5+. The highest BCUT2D eigenvalue weighted by Gasteiger charge is 2.08. The van der Waals surface area contributed by atoms with Gasteiger partial charge in [-0.2, -0.15) is 0 Å². The highest BCUT2D eigenvalue weighted by Crippen LogP contribution is 2.21. The molecule has 1 aromatic carbocycles. The van der Waals surface area contributed by atoms with Crippen LogP contribution < -0.4 is 4.90 Å². The summed E-state index contributed by atoms with van der Waals surface area (Å²) in [4.78, 5) is 12.3. The predicted octanol–water partition coefficient (Wildman–Crippen LogP) is 3.41. The lowest BCUT2D eigenvalue weighted by Gasteiger charge is -2.21. The van der Waals surface area contributed by atoms with Crippen LogP contribution in [-0.4, -0.2) is 24.7 Å². The number of anilines is 1. The van der Waals surface area contributed by atoms with Crippen molar-refractivity contribution in [2.45, 2.75) is 20.3 Å². The number of carboxylic acids is 1. The molecule has 0 amide bonds. The van der Waals surface area contributed by atoms with E-state index >= 15 is 0 Å². The van der Waals surface area contributed by atoms with Gasteiger partial charge in [0, 0.05) is 19.7 Å². The second kappa shape index (κ2) is 6.92. The van der Waals surface area contributed by atoms with Crippen LogP contribution in [0.3, 0.4) is 0 Å². The van der Waals surface area contributed by atoms with Gasteiger partial charge in [0.25, 0.3) is 0 Å². The summed E-state index contributed by atoms with van der Waals surface area (Å²) < 4.78 is 13.9. The maximum Gasteiger partial charge on any atom is 0.328 e. The minimum Gasteiger partial charge on any atom is -0.478 e. The predicted molar refractivity (Wildman–Crippen MR) is 75.8 cm³/mol. The summed E-state index contributed by atoms with van der Waals surface area (Å²) in [5.41, 5.74) is 1.08. The van der Waals surface area contributed by atoms with Crippen LogP contribution >= 0.6 is 0 Å². The summed E-state index contributed by atoms with van der Waals surface area (Å²) in [5.74, 6) is -0.805. The first-order chi connectivity index (χ1) is 8.90. The van der Waals surface area contributed by atoms with E-state index in [-0.39, 0.29) is 5.82 Å². The first kappa shape index (κ1) is 15.2. The molecule has 104 valence electrons. The van der Waals surface area contributed by atoms with Gasteiger partial charge < -0.3 is 10.0 Å². The van der Waals surface area contributed by atoms with Crippen LogP contribution in [0.15, 0.2) is 24.3 Å². The summed E-state index contributed by atoms with van der Waals surface area (Å²) in [7, 11) is 1.85. The molecule has 0 saturated heterocycles. The Morgan fingerprint density at radius 1 is 1.47 bits per heavy atom. The van der Waals surface area contributed by atoms with Gasteiger partial charge in [-0.25, -0.2) is 9.18 Å². The van der Waals surface area contributed by atoms with Crippen molar-refractivity contribution in [3.8, 4) is 0 Å². The monoisotopic (exact) mass is 265 g/mol. The van der Waals surface area contributed by atoms with E-state index in [1.807, 2.05) is 11.9 Å². The fraction of sp³-hybridized carbons (Fsp3) is 0.400. The molecule has 0 aliphatic rings. The third-order valence-electron chi connectivity index (χ3n) is 2.84. The Hall–Kier alpha value is -1.84. The quantitative estimate of drug-likeness (QED) is 0.801. The minimum absolute atomic E-state index is 0.334. The second-order valence-corrected chi connectivity index (χ2v) is 4.99. The van der Waals surface area contributed by atoms with Gasteiger partial charge in [-0.1, -0.05) is 19.9 Å². The van der Waals surface area contributed by atoms with Crippen LogP contribution in [-0.2, 0) is 4.79 Å². The molecule has 1 aromatic rings. The number of aliphatic carboxylic acids is 1. The van der Waals surface area contributed by atoms with Crippen LogP contribution in [0.1, 0.15) is 25.8 Å². The normalized spacial score (nSPS) is 11.2. The van der Waals surface area contributed by atoms with Crippen molar-refractivity contribution in [3.63, 3.8) is 0 Å². The van der Waals surface area contributed by atoms with Crippen LogP contribution in [0.2, 0.25) is 0 Å². The lowest BCUT2D eigenvalue weighted by atomic mass is 10.1. The van der Waals surface area contributed by atoms with E-state index in [1.165, 1.54) is 12.1 Å². The van der Waals surface area contributed by atoms with Crippen LogP contribution in [0.5, 0.6) is 0 Å². The van der Waals surface area contributed by atoms with Crippen molar-refractivity contribution < 1.29 is 14.3 Å². The lowest BCUT2D eigenvalue weighted by molar-refractivity contribution is -0.131. The number of hydrogen-bond donors (Lipinski definition) is 1. The van der Waals surface area contributed by atoms with E-state index in [0.717, 1.165) is 19.0 Å². The molecule has 0 bridgehead atoms. The molecule has 1 N–H and O–H groups in total. The SMILES string of the molecule is CC(C)CCN(C)c1ccc(/C=C/C(=O)O)cc1F. The summed E-state index contributed by atoms with van der Waals surface area (Å²) >= 11 is 0. The fourth-order valence-corrected chi connectivity index (χ4v) is 1.68. The number of halogens is 1. The highest BCUT2D eigenvalue weighted by molar-refractivity contribution is 5.85. The average Bonchev–Trinajstić information content (AvgIpc) is 2.33. The zero-order valence-electron chi connectivity index (χ0n) is 11.6. The summed E-state index contributed by atoms with van der Waals surface area (Å²) in [6.45, 7) is 5.05. The molecule has 0 fully saturated rings. The molecule has 3 nitrogen and oxygen atoms in total. The van der Waals surface area contributed by atoms with E-state index in [1.54, 1.807) is 12.1 Å². The average molecular weight is 265 g/mol. The summed E-state index contributed by atoms with van der Waals surface area (Å²) in [6.07, 6.45) is 3.37. The van der Waals surface area contributed by atoms with Crippen molar-refractivity contribution in [1.82, 2.24) is 0 Å². The molecule has 0 atom stereocenters. The van der Waals surface area contributed by atoms with Crippen molar-refractivity contribution in [2.75, 3.05) is 18.5 Å². The third-order valence-corrected chi connectivity index (χ3v) is 2.84. The Morgan fingerprint density at radius 2 is 2.16 bits per heavy atom. The van der Waals surface area contributed by atoms with E-state index in [2.05, 4.69) is 13.8 Å². The Labute approximate surface area is 113 Å². The van der Waals surface area contributed by atoms with Gasteiger partial charge in [0.05, 0.1) is 5.69 Å². The van der Waals surface area contributed by atoms with Gasteiger partial charge in [-0.05, 0) is 36.1 Å². The summed E-state index contributed by atoms with van der Waals surface area (Å²) in [6, 6.07) is 4.74. The van der Waals surface area contributed by atoms with Gasteiger partial charge in [0.2, 0.25) is 0 Å². The Kier molecular flexibility index (Phi) is 5.55. The molecule has 0 heterocycles. The number of nitrogens with zero attached hydrogens (tertiary/aromatic N) is 1. The maximum atomic E-state index is 13.9. The fourth-order valence-electron chi connectivity index (χ4n) is 1.68. The topological polar surface area (TPSA) is 40.5 Å². The third kappa shape index (κ3) is 5.12. The molecule has 0 radical (unpaired) electrons. The number of carbonyl (C=O) groups is 1. The first-order valence-electron chi connectivity index (χ1n) is 6.32. The highest BCUT2D eigenvalue weighted by atomic mass is 19.1. The molecule has 0 saturated carbocycles. The zero-order chi connectivity index (χ0) is 14.4.